The summed E-state index contributed by atoms with van der Waals surface area (Å²) in [6, 6.07) is 10.4. The van der Waals surface area contributed by atoms with Crippen molar-refractivity contribution in [1.29, 1.82) is 0 Å². The minimum atomic E-state index is -1.27. The predicted molar refractivity (Wildman–Crippen MR) is 146 cm³/mol. The van der Waals surface area contributed by atoms with Gasteiger partial charge in [-0.15, -0.1) is 0 Å². The Morgan fingerprint density at radius 2 is 2.00 bits per heavy atom. The minimum Gasteiger partial charge on any atom is -0.481 e. The van der Waals surface area contributed by atoms with E-state index in [9.17, 15) is 9.18 Å². The Balaban J connectivity index is 1.13. The summed E-state index contributed by atoms with van der Waals surface area (Å²) in [7, 11) is 0. The van der Waals surface area contributed by atoms with Gasteiger partial charge in [0.05, 0.1) is 31.2 Å². The van der Waals surface area contributed by atoms with Crippen LogP contribution >= 0.6 is 11.6 Å². The zero-order valence-corrected chi connectivity index (χ0v) is 23.2. The fourth-order valence-corrected chi connectivity index (χ4v) is 6.07. The van der Waals surface area contributed by atoms with Gasteiger partial charge in [0.1, 0.15) is 11.6 Å². The molecule has 3 aliphatic heterocycles. The van der Waals surface area contributed by atoms with Crippen LogP contribution in [0.4, 0.5) is 4.39 Å². The average Bonchev–Trinajstić information content (AvgIpc) is 3.45. The lowest BCUT2D eigenvalue weighted by Gasteiger charge is -2.33. The Morgan fingerprint density at radius 1 is 1.20 bits per heavy atom. The molecule has 40 heavy (non-hydrogen) atoms. The number of piperidine rings is 1. The SMILES string of the molecule is C[C@]1(c2ccc(Cl)cc2F)Oc2cccc(C3CCN(Cc4ncc(CCC(=O)O)n4C[C@@H]4CCO4)CC3)c2O1. The minimum absolute atomic E-state index is 0.0823. The Hall–Kier alpha value is -3.14. The van der Waals surface area contributed by atoms with Crippen molar-refractivity contribution in [3.63, 3.8) is 0 Å². The van der Waals surface area contributed by atoms with Crippen LogP contribution in [0.5, 0.6) is 11.5 Å². The van der Waals surface area contributed by atoms with Crippen LogP contribution in [0, 0.1) is 5.82 Å². The molecule has 2 saturated heterocycles. The first kappa shape index (κ1) is 27.1. The second kappa shape index (κ2) is 11.0. The van der Waals surface area contributed by atoms with Crippen molar-refractivity contribution in [2.24, 2.45) is 0 Å². The monoisotopic (exact) mass is 569 g/mol. The molecular weight excluding hydrogens is 537 g/mol. The van der Waals surface area contributed by atoms with Crippen molar-refractivity contribution in [3.05, 3.63) is 76.1 Å². The number of likely N-dealkylation sites (tertiary alicyclic amines) is 1. The molecule has 0 saturated carbocycles. The average molecular weight is 570 g/mol. The van der Waals surface area contributed by atoms with E-state index < -0.39 is 17.6 Å². The largest absolute Gasteiger partial charge is 0.481 e. The lowest BCUT2D eigenvalue weighted by atomic mass is 9.88. The number of fused-ring (bicyclic) bond motifs is 1. The van der Waals surface area contributed by atoms with Crippen molar-refractivity contribution in [2.45, 2.75) is 69.9 Å². The molecule has 0 spiro atoms. The third kappa shape index (κ3) is 5.42. The molecule has 0 bridgehead atoms. The van der Waals surface area contributed by atoms with Crippen molar-refractivity contribution < 1.29 is 28.5 Å². The Morgan fingerprint density at radius 3 is 2.70 bits per heavy atom. The number of ether oxygens (including phenoxy) is 3. The van der Waals surface area contributed by atoms with Crippen LogP contribution in [-0.4, -0.2) is 51.3 Å². The van der Waals surface area contributed by atoms with Gasteiger partial charge in [-0.05, 0) is 69.0 Å². The highest BCUT2D eigenvalue weighted by Crippen LogP contribution is 2.49. The predicted octanol–water partition coefficient (Wildman–Crippen LogP) is 5.51. The molecule has 2 aromatic carbocycles. The van der Waals surface area contributed by atoms with Crippen LogP contribution in [0.2, 0.25) is 5.02 Å². The first-order valence-electron chi connectivity index (χ1n) is 13.8. The van der Waals surface area contributed by atoms with Crippen LogP contribution in [0.3, 0.4) is 0 Å². The van der Waals surface area contributed by atoms with Crippen molar-refractivity contribution in [3.8, 4) is 11.5 Å². The third-order valence-electron chi connectivity index (χ3n) is 8.22. The first-order valence-corrected chi connectivity index (χ1v) is 14.2. The molecule has 0 amide bonds. The molecule has 0 radical (unpaired) electrons. The number of carboxylic acid groups (broad SMARTS) is 1. The lowest BCUT2D eigenvalue weighted by molar-refractivity contribution is -0.137. The molecule has 212 valence electrons. The smallest absolute Gasteiger partial charge is 0.303 e. The molecule has 1 N–H and O–H groups in total. The van der Waals surface area contributed by atoms with Gasteiger partial charge in [0.25, 0.3) is 5.79 Å². The molecule has 10 heteroatoms. The van der Waals surface area contributed by atoms with E-state index in [0.29, 0.717) is 41.6 Å². The van der Waals surface area contributed by atoms with Crippen LogP contribution in [0.15, 0.2) is 42.6 Å². The van der Waals surface area contributed by atoms with Gasteiger partial charge in [-0.2, -0.15) is 0 Å². The highest BCUT2D eigenvalue weighted by Gasteiger charge is 2.43. The van der Waals surface area contributed by atoms with E-state index in [-0.39, 0.29) is 18.4 Å². The molecule has 3 aromatic rings. The maximum Gasteiger partial charge on any atom is 0.303 e. The number of carbonyl (C=O) groups is 1. The second-order valence-corrected chi connectivity index (χ2v) is 11.4. The molecule has 0 aliphatic carbocycles. The normalized spacial score (nSPS) is 22.8. The summed E-state index contributed by atoms with van der Waals surface area (Å²) in [4.78, 5) is 18.2. The topological polar surface area (TPSA) is 86.1 Å². The quantitative estimate of drug-likeness (QED) is 0.364. The van der Waals surface area contributed by atoms with Gasteiger partial charge in [0, 0.05) is 36.0 Å². The summed E-state index contributed by atoms with van der Waals surface area (Å²) < 4.78 is 35.1. The second-order valence-electron chi connectivity index (χ2n) is 11.0. The number of aromatic nitrogens is 2. The number of aryl methyl sites for hydroxylation is 1. The van der Waals surface area contributed by atoms with Gasteiger partial charge in [-0.1, -0.05) is 23.7 Å². The molecule has 6 rings (SSSR count). The lowest BCUT2D eigenvalue weighted by Crippen LogP contribution is -2.36. The number of carboxylic acids is 1. The molecule has 0 unspecified atom stereocenters. The number of imidazole rings is 1. The number of halogens is 2. The molecule has 1 aromatic heterocycles. The number of hydrogen-bond acceptors (Lipinski definition) is 6. The van der Waals surface area contributed by atoms with Gasteiger partial charge >= 0.3 is 5.97 Å². The van der Waals surface area contributed by atoms with Crippen LogP contribution in [-0.2, 0) is 34.8 Å². The third-order valence-corrected chi connectivity index (χ3v) is 8.45. The highest BCUT2D eigenvalue weighted by atomic mass is 35.5. The fourth-order valence-electron chi connectivity index (χ4n) is 5.91. The number of hydrogen-bond donors (Lipinski definition) is 1. The number of benzene rings is 2. The van der Waals surface area contributed by atoms with E-state index in [2.05, 4.69) is 20.5 Å². The fraction of sp³-hybridized carbons (Fsp3) is 0.467. The Kier molecular flexibility index (Phi) is 7.46. The number of nitrogens with zero attached hydrogens (tertiary/aromatic N) is 3. The summed E-state index contributed by atoms with van der Waals surface area (Å²) in [5.41, 5.74) is 2.33. The van der Waals surface area contributed by atoms with Crippen LogP contribution in [0.1, 0.15) is 61.2 Å². The van der Waals surface area contributed by atoms with E-state index in [1.807, 2.05) is 18.3 Å². The molecule has 2 fully saturated rings. The highest BCUT2D eigenvalue weighted by molar-refractivity contribution is 6.30. The maximum atomic E-state index is 14.8. The molecular formula is C30H33ClFN3O5. The molecule has 8 nitrogen and oxygen atoms in total. The maximum absolute atomic E-state index is 14.8. The van der Waals surface area contributed by atoms with E-state index in [4.69, 9.17) is 30.9 Å². The van der Waals surface area contributed by atoms with E-state index >= 15 is 0 Å². The van der Waals surface area contributed by atoms with Crippen molar-refractivity contribution in [2.75, 3.05) is 19.7 Å². The Bertz CT molecular complexity index is 1400. The Labute approximate surface area is 237 Å². The molecule has 2 atom stereocenters. The summed E-state index contributed by atoms with van der Waals surface area (Å²) in [5.74, 6) is -0.0210. The summed E-state index contributed by atoms with van der Waals surface area (Å²) in [5, 5.41) is 9.48. The summed E-state index contributed by atoms with van der Waals surface area (Å²) in [6.07, 6.45) is 5.40. The standard InChI is InChI=1S/C30H33ClFN3O5/c1-30(24-7-5-20(31)15-25(24)32)39-26-4-2-3-23(29(26)40-30)19-9-12-34(13-10-19)18-27-33-16-21(6-8-28(36)37)35(27)17-22-11-14-38-22/h2-5,7,15-16,19,22H,6,8-14,17-18H2,1H3,(H,36,37)/t22-,30-/m0/s1. The zero-order valence-electron chi connectivity index (χ0n) is 22.4. The van der Waals surface area contributed by atoms with Gasteiger partial charge in [0.2, 0.25) is 0 Å². The van der Waals surface area contributed by atoms with E-state index in [0.717, 1.165) is 56.0 Å². The van der Waals surface area contributed by atoms with Gasteiger partial charge in [0.15, 0.2) is 11.5 Å². The van der Waals surface area contributed by atoms with E-state index in [1.54, 1.807) is 19.1 Å². The first-order chi connectivity index (χ1) is 19.3. The van der Waals surface area contributed by atoms with Gasteiger partial charge < -0.3 is 23.9 Å². The summed E-state index contributed by atoms with van der Waals surface area (Å²) >= 11 is 5.96. The molecule has 3 aliphatic rings. The number of aliphatic carboxylic acids is 1. The van der Waals surface area contributed by atoms with Gasteiger partial charge in [-0.3, -0.25) is 9.69 Å². The van der Waals surface area contributed by atoms with Crippen LogP contribution < -0.4 is 9.47 Å². The number of para-hydroxylation sites is 1. The number of rotatable bonds is 9. The molecule has 4 heterocycles. The zero-order chi connectivity index (χ0) is 27.9. The summed E-state index contributed by atoms with van der Waals surface area (Å²) in [6.45, 7) is 5.69. The van der Waals surface area contributed by atoms with Crippen molar-refractivity contribution in [1.82, 2.24) is 14.5 Å². The van der Waals surface area contributed by atoms with Gasteiger partial charge in [-0.25, -0.2) is 9.37 Å². The van der Waals surface area contributed by atoms with E-state index in [1.165, 1.54) is 6.07 Å². The van der Waals surface area contributed by atoms with Crippen LogP contribution in [0.25, 0.3) is 0 Å². The van der Waals surface area contributed by atoms with Crippen molar-refractivity contribution >= 4 is 17.6 Å².